The summed E-state index contributed by atoms with van der Waals surface area (Å²) in [5.41, 5.74) is 8.11. The summed E-state index contributed by atoms with van der Waals surface area (Å²) >= 11 is 6.43. The van der Waals surface area contributed by atoms with Crippen molar-refractivity contribution in [3.8, 4) is 23.1 Å². The number of hydrogen-bond donors (Lipinski definition) is 3. The van der Waals surface area contributed by atoms with Crippen LogP contribution in [-0.4, -0.2) is 63.4 Å². The average Bonchev–Trinajstić information content (AvgIpc) is 3.42. The van der Waals surface area contributed by atoms with Gasteiger partial charge in [-0.15, -0.1) is 0 Å². The molecule has 0 saturated heterocycles. The third kappa shape index (κ3) is 5.87. The van der Waals surface area contributed by atoms with Crippen LogP contribution in [0.2, 0.25) is 5.02 Å². The number of aromatic nitrogens is 3. The maximum absolute atomic E-state index is 10.6. The summed E-state index contributed by atoms with van der Waals surface area (Å²) in [6.07, 6.45) is 6.90. The summed E-state index contributed by atoms with van der Waals surface area (Å²) in [4.78, 5) is 8.34. The summed E-state index contributed by atoms with van der Waals surface area (Å²) < 4.78 is 13.0. The summed E-state index contributed by atoms with van der Waals surface area (Å²) in [6.45, 7) is 2.28. The highest BCUT2D eigenvalue weighted by Crippen LogP contribution is 2.34. The Morgan fingerprint density at radius 3 is 2.68 bits per heavy atom. The Morgan fingerprint density at radius 2 is 1.91 bits per heavy atom. The van der Waals surface area contributed by atoms with Gasteiger partial charge < -0.3 is 30.0 Å². The van der Waals surface area contributed by atoms with Crippen LogP contribution in [0.1, 0.15) is 31.2 Å². The van der Waals surface area contributed by atoms with Crippen LogP contribution in [0.15, 0.2) is 30.6 Å². The third-order valence-corrected chi connectivity index (χ3v) is 6.13. The van der Waals surface area contributed by atoms with Crippen molar-refractivity contribution >= 4 is 28.5 Å². The minimum atomic E-state index is -0.896. The normalized spacial score (nSPS) is 14.9. The molecule has 3 aromatic rings. The number of fused-ring (bicyclic) bond motifs is 1. The molecule has 4 rings (SSSR count). The van der Waals surface area contributed by atoms with Gasteiger partial charge in [0.15, 0.2) is 0 Å². The number of anilines is 1. The van der Waals surface area contributed by atoms with Crippen molar-refractivity contribution < 1.29 is 19.7 Å². The molecule has 0 unspecified atom stereocenters. The van der Waals surface area contributed by atoms with Crippen LogP contribution in [0.5, 0.6) is 0 Å². The molecule has 1 aliphatic rings. The highest BCUT2D eigenvalue weighted by molar-refractivity contribution is 6.33. The average molecular weight is 485 g/mol. The zero-order valence-corrected chi connectivity index (χ0v) is 19.7. The zero-order chi connectivity index (χ0) is 24.0. The fourth-order valence-corrected chi connectivity index (χ4v) is 4.33. The molecule has 0 amide bonds. The van der Waals surface area contributed by atoms with Crippen molar-refractivity contribution in [2.75, 3.05) is 38.8 Å². The number of nitrogens with zero attached hydrogens (tertiary/aromatic N) is 3. The zero-order valence-electron chi connectivity index (χ0n) is 19.0. The Bertz CT molecular complexity index is 1190. The van der Waals surface area contributed by atoms with E-state index in [2.05, 4.69) is 26.4 Å². The number of ether oxygens (including phenoxy) is 2. The van der Waals surface area contributed by atoms with E-state index in [-0.39, 0.29) is 12.6 Å². The maximum Gasteiger partial charge on any atom is 0.220 e. The van der Waals surface area contributed by atoms with Crippen molar-refractivity contribution in [3.63, 3.8) is 0 Å². The van der Waals surface area contributed by atoms with E-state index >= 15 is 0 Å². The molecule has 0 bridgehead atoms. The Hall–Kier alpha value is -2.67. The van der Waals surface area contributed by atoms with Gasteiger partial charge in [-0.05, 0) is 43.9 Å². The largest absolute Gasteiger partial charge is 0.394 e. The van der Waals surface area contributed by atoms with E-state index in [1.807, 2.05) is 24.4 Å². The molecular formula is C25H29ClN4O4. The highest BCUT2D eigenvalue weighted by Gasteiger charge is 2.28. The van der Waals surface area contributed by atoms with Gasteiger partial charge in [-0.2, -0.15) is 0 Å². The van der Waals surface area contributed by atoms with Crippen molar-refractivity contribution in [1.82, 2.24) is 14.5 Å². The van der Waals surface area contributed by atoms with E-state index in [1.54, 1.807) is 0 Å². The molecule has 0 aliphatic heterocycles. The number of rotatable bonds is 9. The fraction of sp³-hybridized carbons (Fsp3) is 0.440. The second kappa shape index (κ2) is 11.2. The van der Waals surface area contributed by atoms with Crippen LogP contribution < -0.4 is 5.73 Å². The summed E-state index contributed by atoms with van der Waals surface area (Å²) in [5, 5.41) is 20.7. The fourth-order valence-electron chi connectivity index (χ4n) is 4.14. The summed E-state index contributed by atoms with van der Waals surface area (Å²) in [5.74, 6) is 6.37. The molecule has 1 aromatic carbocycles. The molecular weight excluding hydrogens is 456 g/mol. The first-order chi connectivity index (χ1) is 16.5. The molecule has 4 N–H and O–H groups in total. The molecule has 8 nitrogen and oxygen atoms in total. The van der Waals surface area contributed by atoms with Crippen LogP contribution in [0.3, 0.4) is 0 Å². The van der Waals surface area contributed by atoms with Crippen LogP contribution >= 0.6 is 11.6 Å². The van der Waals surface area contributed by atoms with Crippen molar-refractivity contribution in [2.45, 2.75) is 37.8 Å². The lowest BCUT2D eigenvalue weighted by molar-refractivity contribution is 0.0312. The molecule has 2 heterocycles. The van der Waals surface area contributed by atoms with Gasteiger partial charge in [-0.25, -0.2) is 9.97 Å². The van der Waals surface area contributed by atoms with Crippen molar-refractivity contribution in [1.29, 1.82) is 0 Å². The van der Waals surface area contributed by atoms with Gasteiger partial charge in [0, 0.05) is 34.8 Å². The lowest BCUT2D eigenvalue weighted by Gasteiger charge is -2.12. The Labute approximate surface area is 203 Å². The van der Waals surface area contributed by atoms with Crippen LogP contribution in [0, 0.1) is 11.8 Å². The van der Waals surface area contributed by atoms with E-state index < -0.39 is 5.60 Å². The van der Waals surface area contributed by atoms with E-state index in [1.165, 1.54) is 6.20 Å². The number of aliphatic hydroxyl groups excluding tert-OH is 1. The van der Waals surface area contributed by atoms with E-state index in [4.69, 9.17) is 31.9 Å². The topological polar surface area (TPSA) is 116 Å². The monoisotopic (exact) mass is 484 g/mol. The van der Waals surface area contributed by atoms with Gasteiger partial charge in [-0.3, -0.25) is 0 Å². The molecule has 9 heteroatoms. The molecule has 0 atom stereocenters. The molecule has 1 fully saturated rings. The van der Waals surface area contributed by atoms with Gasteiger partial charge in [0.2, 0.25) is 5.95 Å². The number of nitrogen functional groups attached to an aromatic ring is 1. The van der Waals surface area contributed by atoms with Crippen LogP contribution in [0.4, 0.5) is 5.95 Å². The quantitative estimate of drug-likeness (QED) is 0.316. The first-order valence-electron chi connectivity index (χ1n) is 11.4. The van der Waals surface area contributed by atoms with E-state index in [9.17, 15) is 5.11 Å². The minimum absolute atomic E-state index is 0.0000963. The number of hydrogen-bond acceptors (Lipinski definition) is 7. The van der Waals surface area contributed by atoms with Crippen LogP contribution in [0.25, 0.3) is 22.2 Å². The highest BCUT2D eigenvalue weighted by atomic mass is 35.5. The standard InChI is InChI=1S/C25H29ClN4O4/c26-21-16-28-24(27)29-23(21)20-17-30(9-11-33-13-14-34-12-10-31)22-4-3-18(15-19(20)22)5-8-25(32)6-1-2-7-25/h3-4,15-17,31-32H,1-2,6-7,9-14H2,(H2,27,28,29). The first kappa shape index (κ1) is 24.5. The lowest BCUT2D eigenvalue weighted by Crippen LogP contribution is -2.20. The Morgan fingerprint density at radius 1 is 1.15 bits per heavy atom. The van der Waals surface area contributed by atoms with Crippen molar-refractivity contribution in [2.24, 2.45) is 0 Å². The van der Waals surface area contributed by atoms with Gasteiger partial charge in [0.05, 0.1) is 49.9 Å². The smallest absolute Gasteiger partial charge is 0.220 e. The third-order valence-electron chi connectivity index (χ3n) is 5.85. The summed E-state index contributed by atoms with van der Waals surface area (Å²) in [6, 6.07) is 5.95. The molecule has 0 spiro atoms. The van der Waals surface area contributed by atoms with E-state index in [0.29, 0.717) is 56.5 Å². The molecule has 1 aliphatic carbocycles. The molecule has 180 valence electrons. The van der Waals surface area contributed by atoms with Gasteiger partial charge in [0.25, 0.3) is 0 Å². The van der Waals surface area contributed by atoms with Gasteiger partial charge in [-0.1, -0.05) is 23.4 Å². The number of halogens is 1. The Balaban J connectivity index is 1.62. The van der Waals surface area contributed by atoms with Gasteiger partial charge >= 0.3 is 0 Å². The van der Waals surface area contributed by atoms with Gasteiger partial charge in [0.1, 0.15) is 5.60 Å². The number of nitrogens with two attached hydrogens (primary N) is 1. The van der Waals surface area contributed by atoms with Crippen LogP contribution in [-0.2, 0) is 16.0 Å². The SMILES string of the molecule is Nc1ncc(Cl)c(-c2cn(CCOCCOCCO)c3ccc(C#CC4(O)CCCC4)cc23)n1. The molecule has 2 aromatic heterocycles. The minimum Gasteiger partial charge on any atom is -0.394 e. The lowest BCUT2D eigenvalue weighted by atomic mass is 10.0. The summed E-state index contributed by atoms with van der Waals surface area (Å²) in [7, 11) is 0. The maximum atomic E-state index is 10.6. The molecule has 0 radical (unpaired) electrons. The molecule has 1 saturated carbocycles. The number of aliphatic hydroxyl groups is 2. The molecule has 34 heavy (non-hydrogen) atoms. The second-order valence-electron chi connectivity index (χ2n) is 8.33. The predicted octanol–water partition coefficient (Wildman–Crippen LogP) is 3.02. The van der Waals surface area contributed by atoms with E-state index in [0.717, 1.165) is 34.9 Å². The second-order valence-corrected chi connectivity index (χ2v) is 8.74. The Kier molecular flexibility index (Phi) is 8.03. The first-order valence-corrected chi connectivity index (χ1v) is 11.8. The predicted molar refractivity (Wildman–Crippen MR) is 131 cm³/mol. The number of benzene rings is 1. The van der Waals surface area contributed by atoms with Crippen molar-refractivity contribution in [3.05, 3.63) is 41.2 Å².